The maximum absolute atomic E-state index is 15.3. The Labute approximate surface area is 186 Å². The van der Waals surface area contributed by atoms with Crippen LogP contribution in [0.4, 0.5) is 8.78 Å². The molecule has 4 rings (SSSR count). The third-order valence-electron chi connectivity index (χ3n) is 6.95. The van der Waals surface area contributed by atoms with Gasteiger partial charge in [-0.2, -0.15) is 0 Å². The molecule has 30 heavy (non-hydrogen) atoms. The van der Waals surface area contributed by atoms with Crippen LogP contribution in [-0.4, -0.2) is 5.43 Å². The van der Waals surface area contributed by atoms with Gasteiger partial charge < -0.3 is 0 Å². The average molecular weight is 498 g/mol. The van der Waals surface area contributed by atoms with Crippen molar-refractivity contribution in [3.05, 3.63) is 99.2 Å². The molecule has 0 radical (unpaired) electrons. The van der Waals surface area contributed by atoms with Gasteiger partial charge in [0, 0.05) is 0 Å². The Bertz CT molecular complexity index is 1140. The molecule has 0 fully saturated rings. The first-order valence-corrected chi connectivity index (χ1v) is 19.5. The van der Waals surface area contributed by atoms with Crippen molar-refractivity contribution in [2.24, 2.45) is 0 Å². The second-order valence-corrected chi connectivity index (χ2v) is 26.8. The van der Waals surface area contributed by atoms with Crippen molar-refractivity contribution in [2.75, 3.05) is 0 Å². The van der Waals surface area contributed by atoms with Crippen molar-refractivity contribution in [1.29, 1.82) is 0 Å². The first-order chi connectivity index (χ1) is 14.2. The number of allylic oxidation sites excluding steroid dienone is 5. The number of halogens is 2. The minimum absolute atomic E-state index is 0.149. The quantitative estimate of drug-likeness (QED) is 0.380. The first-order valence-electron chi connectivity index (χ1n) is 10.5. The zero-order chi connectivity index (χ0) is 21.7. The summed E-state index contributed by atoms with van der Waals surface area (Å²) in [4.78, 5) is 0. The van der Waals surface area contributed by atoms with Gasteiger partial charge in [-0.3, -0.25) is 0 Å². The molecular formula is C26H28F2SiZr. The molecule has 0 spiro atoms. The van der Waals surface area contributed by atoms with Gasteiger partial charge in [-0.25, -0.2) is 0 Å². The zero-order valence-electron chi connectivity index (χ0n) is 18.5. The molecule has 0 nitrogen and oxygen atoms in total. The van der Waals surface area contributed by atoms with Crippen LogP contribution in [0.5, 0.6) is 0 Å². The SMILES string of the molecule is CC1=C(C)[CH]([Zr]([CH]2C=C(c3ccccc3)c3cc(F)cc(F)c32)=[Si](C)C)C(C)=C1C. The Balaban J connectivity index is 1.97. The summed E-state index contributed by atoms with van der Waals surface area (Å²) in [5.74, 6) is -0.856. The molecule has 0 N–H and O–H groups in total. The van der Waals surface area contributed by atoms with Gasteiger partial charge in [0.2, 0.25) is 0 Å². The molecular weight excluding hydrogens is 470 g/mol. The molecule has 2 aromatic rings. The topological polar surface area (TPSA) is 0 Å². The van der Waals surface area contributed by atoms with Gasteiger partial charge in [0.15, 0.2) is 0 Å². The Morgan fingerprint density at radius 2 is 1.47 bits per heavy atom. The normalized spacial score (nSPS) is 18.8. The molecule has 2 aliphatic carbocycles. The predicted molar refractivity (Wildman–Crippen MR) is 121 cm³/mol. The van der Waals surface area contributed by atoms with Crippen LogP contribution in [0.15, 0.2) is 70.8 Å². The van der Waals surface area contributed by atoms with E-state index >= 15 is 4.39 Å². The van der Waals surface area contributed by atoms with E-state index < -0.39 is 31.6 Å². The second kappa shape index (κ2) is 8.28. The summed E-state index contributed by atoms with van der Waals surface area (Å²) in [6.07, 6.45) is 2.30. The van der Waals surface area contributed by atoms with E-state index in [4.69, 9.17) is 0 Å². The van der Waals surface area contributed by atoms with Gasteiger partial charge in [-0.05, 0) is 0 Å². The Kier molecular flexibility index (Phi) is 6.03. The van der Waals surface area contributed by atoms with Crippen molar-refractivity contribution in [3.8, 4) is 0 Å². The van der Waals surface area contributed by atoms with Crippen molar-refractivity contribution >= 4 is 11.0 Å². The van der Waals surface area contributed by atoms with E-state index in [0.717, 1.165) is 28.3 Å². The van der Waals surface area contributed by atoms with Gasteiger partial charge in [-0.15, -0.1) is 0 Å². The number of fused-ring (bicyclic) bond motifs is 1. The van der Waals surface area contributed by atoms with E-state index in [0.29, 0.717) is 3.63 Å². The fraction of sp³-hybridized carbons (Fsp3) is 0.308. The van der Waals surface area contributed by atoms with E-state index in [9.17, 15) is 4.39 Å². The number of rotatable bonds is 3. The van der Waals surface area contributed by atoms with E-state index in [-0.39, 0.29) is 9.44 Å². The molecule has 0 aliphatic heterocycles. The maximum atomic E-state index is 15.3. The number of hydrogen-bond donors (Lipinski definition) is 0. The molecule has 0 saturated heterocycles. The zero-order valence-corrected chi connectivity index (χ0v) is 22.0. The van der Waals surface area contributed by atoms with Crippen LogP contribution in [0.3, 0.4) is 0 Å². The fourth-order valence-corrected chi connectivity index (χ4v) is 25.7. The van der Waals surface area contributed by atoms with E-state index in [1.165, 1.54) is 22.3 Å². The van der Waals surface area contributed by atoms with E-state index in [1.807, 2.05) is 30.3 Å². The Hall–Kier alpha value is -1.38. The van der Waals surface area contributed by atoms with Crippen LogP contribution >= 0.6 is 0 Å². The summed E-state index contributed by atoms with van der Waals surface area (Å²) in [6, 6.07) is 12.7. The number of hydrogen-bond acceptors (Lipinski definition) is 0. The Morgan fingerprint density at radius 3 is 2.03 bits per heavy atom. The van der Waals surface area contributed by atoms with Crippen LogP contribution < -0.4 is 0 Å². The molecule has 1 unspecified atom stereocenters. The minimum atomic E-state index is -2.25. The third-order valence-corrected chi connectivity index (χ3v) is 26.6. The molecule has 0 bridgehead atoms. The fourth-order valence-electron chi connectivity index (χ4n) is 5.17. The second-order valence-electron chi connectivity index (χ2n) is 8.78. The van der Waals surface area contributed by atoms with Crippen molar-refractivity contribution < 1.29 is 29.1 Å². The van der Waals surface area contributed by atoms with Crippen LogP contribution in [0.1, 0.15) is 48.0 Å². The average Bonchev–Trinajstić information content (AvgIpc) is 3.16. The molecule has 2 aromatic carbocycles. The molecule has 0 saturated carbocycles. The first kappa shape index (κ1) is 21.8. The van der Waals surface area contributed by atoms with Gasteiger partial charge >= 0.3 is 187 Å². The van der Waals surface area contributed by atoms with E-state index in [2.05, 4.69) is 46.9 Å². The Morgan fingerprint density at radius 1 is 0.867 bits per heavy atom. The molecule has 0 amide bonds. The summed E-state index contributed by atoms with van der Waals surface area (Å²) < 4.78 is 30.2. The molecule has 2 aliphatic rings. The molecule has 154 valence electrons. The summed E-state index contributed by atoms with van der Waals surface area (Å²) >= 11 is -2.25. The van der Waals surface area contributed by atoms with Gasteiger partial charge in [0.1, 0.15) is 0 Å². The molecule has 1 atom stereocenters. The molecule has 4 heteroatoms. The summed E-state index contributed by atoms with van der Waals surface area (Å²) in [7, 11) is 0. The monoisotopic (exact) mass is 496 g/mol. The number of benzene rings is 2. The van der Waals surface area contributed by atoms with Gasteiger partial charge in [0.25, 0.3) is 0 Å². The third kappa shape index (κ3) is 3.50. The van der Waals surface area contributed by atoms with Gasteiger partial charge in [0.05, 0.1) is 0 Å². The van der Waals surface area contributed by atoms with Crippen LogP contribution in [-0.2, 0) is 20.4 Å². The molecule has 0 heterocycles. The van der Waals surface area contributed by atoms with Crippen LogP contribution in [0.25, 0.3) is 5.57 Å². The van der Waals surface area contributed by atoms with Gasteiger partial charge in [-0.1, -0.05) is 0 Å². The summed E-state index contributed by atoms with van der Waals surface area (Å²) in [6.45, 7) is 13.9. The van der Waals surface area contributed by atoms with Crippen molar-refractivity contribution in [3.63, 3.8) is 0 Å². The predicted octanol–water partition coefficient (Wildman–Crippen LogP) is 7.80. The van der Waals surface area contributed by atoms with Crippen molar-refractivity contribution in [1.82, 2.24) is 0 Å². The van der Waals surface area contributed by atoms with Crippen molar-refractivity contribution in [2.45, 2.75) is 48.0 Å². The van der Waals surface area contributed by atoms with E-state index in [1.54, 1.807) is 6.07 Å². The summed E-state index contributed by atoms with van der Waals surface area (Å²) in [5, 5.41) is 0. The van der Waals surface area contributed by atoms with Crippen LogP contribution in [0.2, 0.25) is 16.7 Å². The van der Waals surface area contributed by atoms with Crippen LogP contribution in [0, 0.1) is 11.6 Å². The standard InChI is InChI=1S/C15H9F2.C9H13.C2H6Si.Zr/c16-11-8-14-12(10-4-2-1-3-5-10)6-7-13(14)15(17)9-11;1-6-5-7(2)9(4)8(6)3;1-3-2;/h1-9H;5H,1-4H3;1-2H3;. The molecule has 0 aromatic heterocycles. The summed E-state index contributed by atoms with van der Waals surface area (Å²) in [5.41, 5.74) is 8.81.